The molecule has 3 N–H and O–H groups in total. The Balaban J connectivity index is 1.95. The van der Waals surface area contributed by atoms with E-state index in [1.807, 2.05) is 0 Å². The molecule has 0 atom stereocenters. The van der Waals surface area contributed by atoms with Gasteiger partial charge in [0.15, 0.2) is 11.5 Å². The predicted octanol–water partition coefficient (Wildman–Crippen LogP) is 3.76. The number of phenolic OH excluding ortho intramolecular Hbond substituents is 1. The molecule has 28 heavy (non-hydrogen) atoms. The van der Waals surface area contributed by atoms with E-state index < -0.39 is 23.2 Å². The molecule has 0 radical (unpaired) electrons. The maximum absolute atomic E-state index is 13.5. The molecule has 1 aromatic heterocycles. The summed E-state index contributed by atoms with van der Waals surface area (Å²) in [5, 5.41) is 9.84. The molecule has 0 unspecified atom stereocenters. The number of carbonyl (C=O) groups excluding carboxylic acids is 1. The lowest BCUT2D eigenvalue weighted by molar-refractivity contribution is -0.138. The van der Waals surface area contributed by atoms with E-state index in [2.05, 4.69) is 4.98 Å². The maximum Gasteiger partial charge on any atom is 0.417 e. The second-order valence-electron chi connectivity index (χ2n) is 5.91. The van der Waals surface area contributed by atoms with Crippen molar-refractivity contribution < 1.29 is 32.2 Å². The number of hydrogen-bond donors (Lipinski definition) is 2. The lowest BCUT2D eigenvalue weighted by atomic mass is 9.97. The molecule has 0 saturated heterocycles. The minimum atomic E-state index is -4.75. The average Bonchev–Trinajstić information content (AvgIpc) is 3.09. The number of oxazole rings is 1. The van der Waals surface area contributed by atoms with Crippen LogP contribution in [0.4, 0.5) is 13.2 Å². The van der Waals surface area contributed by atoms with Gasteiger partial charge in [-0.25, -0.2) is 4.98 Å². The van der Waals surface area contributed by atoms with Crippen LogP contribution in [0.1, 0.15) is 27.2 Å². The summed E-state index contributed by atoms with van der Waals surface area (Å²) in [5.41, 5.74) is 3.88. The Morgan fingerprint density at radius 1 is 1.29 bits per heavy atom. The summed E-state index contributed by atoms with van der Waals surface area (Å²) in [6.45, 7) is 0. The third kappa shape index (κ3) is 3.78. The van der Waals surface area contributed by atoms with Crippen LogP contribution in [0.25, 0.3) is 11.5 Å². The number of aromatic nitrogens is 1. The van der Waals surface area contributed by atoms with Crippen molar-refractivity contribution in [1.29, 1.82) is 0 Å². The summed E-state index contributed by atoms with van der Waals surface area (Å²) in [6.07, 6.45) is -3.76. The second kappa shape index (κ2) is 7.26. The zero-order valence-corrected chi connectivity index (χ0v) is 14.6. The number of nitrogens with zero attached hydrogens (tertiary/aromatic N) is 1. The van der Waals surface area contributed by atoms with Crippen molar-refractivity contribution in [1.82, 2.24) is 4.98 Å². The normalized spacial score (nSPS) is 11.4. The second-order valence-corrected chi connectivity index (χ2v) is 5.91. The van der Waals surface area contributed by atoms with E-state index in [1.165, 1.54) is 37.6 Å². The third-order valence-electron chi connectivity index (χ3n) is 4.05. The molecule has 6 nitrogen and oxygen atoms in total. The number of nitrogens with two attached hydrogens (primary N) is 1. The number of methoxy groups -OCH3 is 1. The Morgan fingerprint density at radius 2 is 2.04 bits per heavy atom. The molecule has 0 saturated carbocycles. The third-order valence-corrected chi connectivity index (χ3v) is 4.05. The van der Waals surface area contributed by atoms with Gasteiger partial charge in [0.25, 0.3) is 0 Å². The van der Waals surface area contributed by atoms with Crippen LogP contribution in [-0.4, -0.2) is 23.1 Å². The highest BCUT2D eigenvalue weighted by Gasteiger charge is 2.37. The first-order chi connectivity index (χ1) is 13.2. The highest BCUT2D eigenvalue weighted by Crippen LogP contribution is 2.36. The number of alkyl halides is 3. The van der Waals surface area contributed by atoms with Crippen molar-refractivity contribution in [2.75, 3.05) is 7.11 Å². The first kappa shape index (κ1) is 19.3. The molecule has 0 fully saturated rings. The molecule has 0 aliphatic heterocycles. The molecule has 0 aliphatic rings. The van der Waals surface area contributed by atoms with Crippen molar-refractivity contribution in [2.24, 2.45) is 5.73 Å². The molecular weight excluding hydrogens is 377 g/mol. The molecule has 0 spiro atoms. The van der Waals surface area contributed by atoms with E-state index >= 15 is 0 Å². The lowest BCUT2D eigenvalue weighted by Gasteiger charge is -2.15. The van der Waals surface area contributed by atoms with Gasteiger partial charge in [0.2, 0.25) is 11.8 Å². The summed E-state index contributed by atoms with van der Waals surface area (Å²) in [4.78, 5) is 15.6. The number of halogens is 3. The van der Waals surface area contributed by atoms with Crippen LogP contribution in [0.5, 0.6) is 11.5 Å². The standard InChI is InChI=1S/C19H15F3N2O4/c1-27-15-6-5-11(8-14(15)25)18-24-12(9-28-18)7-10-3-2-4-13(17(23)26)16(10)19(20,21)22/h2-6,8-9,25H,7H2,1H3,(H2,23,26). The Hall–Kier alpha value is -3.49. The number of hydrogen-bond acceptors (Lipinski definition) is 5. The monoisotopic (exact) mass is 392 g/mol. The first-order valence-electron chi connectivity index (χ1n) is 8.01. The number of amides is 1. The number of ether oxygens (including phenoxy) is 1. The predicted molar refractivity (Wildman–Crippen MR) is 92.9 cm³/mol. The number of benzene rings is 2. The molecule has 1 amide bonds. The largest absolute Gasteiger partial charge is 0.504 e. The van der Waals surface area contributed by atoms with Crippen LogP contribution in [0.3, 0.4) is 0 Å². The van der Waals surface area contributed by atoms with Crippen LogP contribution in [0, 0.1) is 0 Å². The van der Waals surface area contributed by atoms with Crippen LogP contribution in [-0.2, 0) is 12.6 Å². The van der Waals surface area contributed by atoms with Crippen molar-refractivity contribution in [3.63, 3.8) is 0 Å². The van der Waals surface area contributed by atoms with E-state index in [1.54, 1.807) is 6.07 Å². The van der Waals surface area contributed by atoms with Crippen molar-refractivity contribution in [2.45, 2.75) is 12.6 Å². The topological polar surface area (TPSA) is 98.6 Å². The van der Waals surface area contributed by atoms with Gasteiger partial charge < -0.3 is 20.0 Å². The molecule has 1 heterocycles. The molecule has 2 aromatic carbocycles. The number of phenols is 1. The fourth-order valence-corrected chi connectivity index (χ4v) is 2.83. The van der Waals surface area contributed by atoms with Gasteiger partial charge in [-0.1, -0.05) is 12.1 Å². The van der Waals surface area contributed by atoms with E-state index in [0.717, 1.165) is 6.07 Å². The molecule has 3 aromatic rings. The summed E-state index contributed by atoms with van der Waals surface area (Å²) in [7, 11) is 1.40. The van der Waals surface area contributed by atoms with Crippen molar-refractivity contribution in [3.8, 4) is 23.0 Å². The van der Waals surface area contributed by atoms with Gasteiger partial charge in [-0.2, -0.15) is 13.2 Å². The number of carbonyl (C=O) groups is 1. The molecule has 3 rings (SSSR count). The van der Waals surface area contributed by atoms with Gasteiger partial charge in [0, 0.05) is 12.0 Å². The van der Waals surface area contributed by atoms with Gasteiger partial charge in [-0.15, -0.1) is 0 Å². The van der Waals surface area contributed by atoms with Gasteiger partial charge >= 0.3 is 6.18 Å². The highest BCUT2D eigenvalue weighted by molar-refractivity contribution is 5.95. The molecule has 0 bridgehead atoms. The summed E-state index contributed by atoms with van der Waals surface area (Å²) in [5.74, 6) is -0.918. The van der Waals surface area contributed by atoms with Gasteiger partial charge in [-0.05, 0) is 29.8 Å². The van der Waals surface area contributed by atoms with Crippen molar-refractivity contribution in [3.05, 3.63) is 65.0 Å². The first-order valence-corrected chi connectivity index (χ1v) is 8.01. The SMILES string of the molecule is COc1ccc(-c2nc(Cc3cccc(C(N)=O)c3C(F)(F)F)co2)cc1O. The van der Waals surface area contributed by atoms with Crippen molar-refractivity contribution >= 4 is 5.91 Å². The smallest absolute Gasteiger partial charge is 0.417 e. The number of primary amides is 1. The van der Waals surface area contributed by atoms with E-state index in [4.69, 9.17) is 14.9 Å². The Labute approximate surface area is 157 Å². The van der Waals surface area contributed by atoms with Crippen LogP contribution in [0.15, 0.2) is 47.1 Å². The van der Waals surface area contributed by atoms with Gasteiger partial charge in [-0.3, -0.25) is 4.79 Å². The molecule has 0 aliphatic carbocycles. The van der Waals surface area contributed by atoms with E-state index in [-0.39, 0.29) is 35.1 Å². The summed E-state index contributed by atoms with van der Waals surface area (Å²) in [6, 6.07) is 8.07. The van der Waals surface area contributed by atoms with Crippen LogP contribution >= 0.6 is 0 Å². The Morgan fingerprint density at radius 3 is 2.64 bits per heavy atom. The quantitative estimate of drug-likeness (QED) is 0.689. The Bertz CT molecular complexity index is 1030. The average molecular weight is 392 g/mol. The lowest BCUT2D eigenvalue weighted by Crippen LogP contribution is -2.21. The van der Waals surface area contributed by atoms with E-state index in [9.17, 15) is 23.1 Å². The summed E-state index contributed by atoms with van der Waals surface area (Å²) < 4.78 is 50.7. The van der Waals surface area contributed by atoms with Crippen LogP contribution < -0.4 is 10.5 Å². The van der Waals surface area contributed by atoms with Crippen LogP contribution in [0.2, 0.25) is 0 Å². The highest BCUT2D eigenvalue weighted by atomic mass is 19.4. The molecule has 146 valence electrons. The van der Waals surface area contributed by atoms with Gasteiger partial charge in [0.05, 0.1) is 23.9 Å². The van der Waals surface area contributed by atoms with E-state index in [0.29, 0.717) is 5.56 Å². The molecular formula is C19H15F3N2O4. The summed E-state index contributed by atoms with van der Waals surface area (Å²) >= 11 is 0. The minimum absolute atomic E-state index is 0.118. The fraction of sp³-hybridized carbons (Fsp3) is 0.158. The number of rotatable bonds is 5. The Kier molecular flexibility index (Phi) is 5.00. The number of aromatic hydroxyl groups is 1. The van der Waals surface area contributed by atoms with Gasteiger partial charge in [0.1, 0.15) is 6.26 Å². The minimum Gasteiger partial charge on any atom is -0.504 e. The zero-order valence-electron chi connectivity index (χ0n) is 14.6. The zero-order chi connectivity index (χ0) is 20.5. The molecule has 9 heteroatoms. The maximum atomic E-state index is 13.5. The fourth-order valence-electron chi connectivity index (χ4n) is 2.83.